The number of aryl methyl sites for hydroxylation is 1. The molecule has 1 aromatic rings. The molecular formula is C16H19NO4S. The van der Waals surface area contributed by atoms with Crippen LogP contribution in [0, 0.1) is 12.8 Å². The molecule has 0 unspecified atom stereocenters. The number of rotatable bonds is 4. The van der Waals surface area contributed by atoms with Gasteiger partial charge < -0.3 is 4.74 Å². The molecule has 1 amide bonds. The van der Waals surface area contributed by atoms with E-state index in [0.717, 1.165) is 22.7 Å². The van der Waals surface area contributed by atoms with E-state index in [2.05, 4.69) is 6.58 Å². The molecule has 3 rings (SSSR count). The van der Waals surface area contributed by atoms with Crippen LogP contribution in [0.15, 0.2) is 41.8 Å². The number of carbonyl (C=O) groups is 1. The molecule has 1 aliphatic heterocycles. The zero-order valence-corrected chi connectivity index (χ0v) is 13.3. The van der Waals surface area contributed by atoms with Crippen molar-refractivity contribution in [2.45, 2.75) is 43.2 Å². The molecule has 0 radical (unpaired) electrons. The molecule has 5 nitrogen and oxygen atoms in total. The van der Waals surface area contributed by atoms with Crippen LogP contribution in [0.1, 0.15) is 24.8 Å². The van der Waals surface area contributed by atoms with E-state index in [0.29, 0.717) is 12.3 Å². The lowest BCUT2D eigenvalue weighted by Crippen LogP contribution is -2.51. The van der Waals surface area contributed by atoms with Crippen LogP contribution in [-0.2, 0) is 14.8 Å². The summed E-state index contributed by atoms with van der Waals surface area (Å²) in [5.41, 5.74) is 0.953. The van der Waals surface area contributed by atoms with E-state index in [-0.39, 0.29) is 11.0 Å². The minimum atomic E-state index is -3.93. The normalized spacial score (nSPS) is 25.7. The van der Waals surface area contributed by atoms with Crippen LogP contribution in [-0.4, -0.2) is 31.0 Å². The molecule has 1 aliphatic carbocycles. The Bertz CT molecular complexity index is 691. The van der Waals surface area contributed by atoms with E-state index in [4.69, 9.17) is 4.74 Å². The quantitative estimate of drug-likeness (QED) is 0.800. The second-order valence-electron chi connectivity index (χ2n) is 5.91. The van der Waals surface area contributed by atoms with Gasteiger partial charge in [0.2, 0.25) is 0 Å². The third kappa shape index (κ3) is 2.63. The maximum Gasteiger partial charge on any atom is 0.424 e. The Labute approximate surface area is 130 Å². The molecule has 1 heterocycles. The SMILES string of the molecule is C=C[C@@H]1C[C@@H](C2CC2)OC(=O)N1S(=O)(=O)c1ccc(C)cc1. The summed E-state index contributed by atoms with van der Waals surface area (Å²) in [6, 6.07) is 5.87. The van der Waals surface area contributed by atoms with Crippen molar-refractivity contribution < 1.29 is 17.9 Å². The Hall–Kier alpha value is -1.82. The summed E-state index contributed by atoms with van der Waals surface area (Å²) in [6.07, 6.45) is 3.07. The van der Waals surface area contributed by atoms with E-state index in [1.807, 2.05) is 6.92 Å². The van der Waals surface area contributed by atoms with E-state index >= 15 is 0 Å². The maximum atomic E-state index is 12.7. The van der Waals surface area contributed by atoms with Crippen LogP contribution in [0.5, 0.6) is 0 Å². The number of hydrogen-bond donors (Lipinski definition) is 0. The third-order valence-corrected chi connectivity index (χ3v) is 6.01. The molecule has 6 heteroatoms. The first-order valence-electron chi connectivity index (χ1n) is 7.38. The fourth-order valence-corrected chi connectivity index (χ4v) is 4.22. The van der Waals surface area contributed by atoms with E-state index in [9.17, 15) is 13.2 Å². The largest absolute Gasteiger partial charge is 0.445 e. The Morgan fingerprint density at radius 1 is 1.27 bits per heavy atom. The number of sulfonamides is 1. The summed E-state index contributed by atoms with van der Waals surface area (Å²) < 4.78 is 31.7. The van der Waals surface area contributed by atoms with E-state index in [1.54, 1.807) is 12.1 Å². The van der Waals surface area contributed by atoms with Gasteiger partial charge in [0.15, 0.2) is 0 Å². The smallest absolute Gasteiger partial charge is 0.424 e. The summed E-state index contributed by atoms with van der Waals surface area (Å²) >= 11 is 0. The van der Waals surface area contributed by atoms with Gasteiger partial charge in [-0.1, -0.05) is 23.8 Å². The van der Waals surface area contributed by atoms with Crippen molar-refractivity contribution in [1.82, 2.24) is 4.31 Å². The lowest BCUT2D eigenvalue weighted by atomic mass is 10.0. The number of ether oxygens (including phenoxy) is 1. The van der Waals surface area contributed by atoms with Crippen molar-refractivity contribution in [3.63, 3.8) is 0 Å². The first-order chi connectivity index (χ1) is 10.4. The Balaban J connectivity index is 1.92. The second kappa shape index (κ2) is 5.43. The number of carbonyl (C=O) groups excluding carboxylic acids is 1. The van der Waals surface area contributed by atoms with Crippen LogP contribution >= 0.6 is 0 Å². The van der Waals surface area contributed by atoms with Gasteiger partial charge in [-0.3, -0.25) is 0 Å². The molecule has 118 valence electrons. The molecular weight excluding hydrogens is 302 g/mol. The van der Waals surface area contributed by atoms with E-state index < -0.39 is 22.2 Å². The van der Waals surface area contributed by atoms with Gasteiger partial charge in [-0.25, -0.2) is 13.2 Å². The molecule has 22 heavy (non-hydrogen) atoms. The number of hydrogen-bond acceptors (Lipinski definition) is 4. The van der Waals surface area contributed by atoms with Crippen LogP contribution < -0.4 is 0 Å². The van der Waals surface area contributed by atoms with Crippen molar-refractivity contribution in [2.75, 3.05) is 0 Å². The van der Waals surface area contributed by atoms with Gasteiger partial charge in [0.1, 0.15) is 6.10 Å². The average molecular weight is 321 g/mol. The highest BCUT2D eigenvalue weighted by atomic mass is 32.2. The minimum Gasteiger partial charge on any atom is -0.445 e. The Morgan fingerprint density at radius 2 is 1.91 bits per heavy atom. The molecule has 2 fully saturated rings. The molecule has 0 N–H and O–H groups in total. The van der Waals surface area contributed by atoms with Gasteiger partial charge in [0.25, 0.3) is 10.0 Å². The molecule has 1 aromatic carbocycles. The highest BCUT2D eigenvalue weighted by molar-refractivity contribution is 7.89. The summed E-state index contributed by atoms with van der Waals surface area (Å²) in [7, 11) is -3.93. The fraction of sp³-hybridized carbons (Fsp3) is 0.438. The van der Waals surface area contributed by atoms with Crippen LogP contribution in [0.2, 0.25) is 0 Å². The Kier molecular flexibility index (Phi) is 3.72. The average Bonchev–Trinajstić information content (AvgIpc) is 3.31. The zero-order chi connectivity index (χ0) is 15.9. The van der Waals surface area contributed by atoms with Crippen molar-refractivity contribution in [3.05, 3.63) is 42.5 Å². The maximum absolute atomic E-state index is 12.7. The molecule has 2 aliphatic rings. The summed E-state index contributed by atoms with van der Waals surface area (Å²) in [5, 5.41) is 0. The third-order valence-electron chi connectivity index (χ3n) is 4.20. The predicted octanol–water partition coefficient (Wildman–Crippen LogP) is 2.86. The molecule has 0 bridgehead atoms. The second-order valence-corrected chi connectivity index (χ2v) is 7.73. The van der Waals surface area contributed by atoms with Crippen molar-refractivity contribution in [1.29, 1.82) is 0 Å². The van der Waals surface area contributed by atoms with Crippen molar-refractivity contribution in [2.24, 2.45) is 5.92 Å². The lowest BCUT2D eigenvalue weighted by Gasteiger charge is -2.36. The number of cyclic esters (lactones) is 1. The fourth-order valence-electron chi connectivity index (χ4n) is 2.75. The van der Waals surface area contributed by atoms with Gasteiger partial charge in [0.05, 0.1) is 10.9 Å². The van der Waals surface area contributed by atoms with Gasteiger partial charge in [-0.2, -0.15) is 4.31 Å². The standard InChI is InChI=1S/C16H19NO4S/c1-3-13-10-15(12-6-7-12)21-16(18)17(13)22(19,20)14-8-4-11(2)5-9-14/h3-5,8-9,12-13,15H,1,6-7,10H2,2H3/t13-,15+/m1/s1. The molecule has 1 saturated carbocycles. The molecule has 1 saturated heterocycles. The van der Waals surface area contributed by atoms with Gasteiger partial charge in [0, 0.05) is 6.42 Å². The minimum absolute atomic E-state index is 0.0896. The van der Waals surface area contributed by atoms with Gasteiger partial charge in [-0.15, -0.1) is 6.58 Å². The summed E-state index contributed by atoms with van der Waals surface area (Å²) in [5.74, 6) is 0.371. The number of benzene rings is 1. The highest BCUT2D eigenvalue weighted by Gasteiger charge is 2.46. The van der Waals surface area contributed by atoms with E-state index in [1.165, 1.54) is 18.2 Å². The molecule has 0 spiro atoms. The molecule has 2 atom stereocenters. The van der Waals surface area contributed by atoms with Crippen LogP contribution in [0.3, 0.4) is 0 Å². The highest BCUT2D eigenvalue weighted by Crippen LogP contribution is 2.40. The van der Waals surface area contributed by atoms with Gasteiger partial charge >= 0.3 is 6.09 Å². The van der Waals surface area contributed by atoms with Crippen molar-refractivity contribution >= 4 is 16.1 Å². The first kappa shape index (κ1) is 15.1. The molecule has 0 aromatic heterocycles. The van der Waals surface area contributed by atoms with Crippen molar-refractivity contribution in [3.8, 4) is 0 Å². The zero-order valence-electron chi connectivity index (χ0n) is 12.4. The topological polar surface area (TPSA) is 63.7 Å². The monoisotopic (exact) mass is 321 g/mol. The Morgan fingerprint density at radius 3 is 2.45 bits per heavy atom. The first-order valence-corrected chi connectivity index (χ1v) is 8.82. The summed E-state index contributed by atoms with van der Waals surface area (Å²) in [6.45, 7) is 5.56. The predicted molar refractivity (Wildman–Crippen MR) is 81.8 cm³/mol. The lowest BCUT2D eigenvalue weighted by molar-refractivity contribution is 0.0255. The number of nitrogens with zero attached hydrogens (tertiary/aromatic N) is 1. The van der Waals surface area contributed by atoms with Gasteiger partial charge in [-0.05, 0) is 37.8 Å². The number of amides is 1. The van der Waals surface area contributed by atoms with Crippen LogP contribution in [0.4, 0.5) is 4.79 Å². The van der Waals surface area contributed by atoms with Crippen LogP contribution in [0.25, 0.3) is 0 Å². The summed E-state index contributed by atoms with van der Waals surface area (Å²) in [4.78, 5) is 12.4.